The van der Waals surface area contributed by atoms with Crippen molar-refractivity contribution in [2.24, 2.45) is 0 Å². The van der Waals surface area contributed by atoms with Gasteiger partial charge in [-0.3, -0.25) is 4.98 Å². The molecule has 0 aliphatic heterocycles. The lowest BCUT2D eigenvalue weighted by Crippen LogP contribution is -2.33. The van der Waals surface area contributed by atoms with Crippen molar-refractivity contribution in [3.05, 3.63) is 30.1 Å². The van der Waals surface area contributed by atoms with Crippen LogP contribution in [0.15, 0.2) is 24.5 Å². The van der Waals surface area contributed by atoms with Crippen LogP contribution >= 0.6 is 0 Å². The maximum atomic E-state index is 3.99. The first-order valence-corrected chi connectivity index (χ1v) is 4.83. The summed E-state index contributed by atoms with van der Waals surface area (Å²) in [6, 6.07) is 5.22. The second-order valence-electron chi connectivity index (χ2n) is 3.78. The Morgan fingerprint density at radius 3 is 2.38 bits per heavy atom. The molecular formula is C11H18N2. The molecule has 0 radical (unpaired) electrons. The Balaban J connectivity index is 2.41. The summed E-state index contributed by atoms with van der Waals surface area (Å²) in [7, 11) is 0. The molecule has 0 aliphatic rings. The molecule has 1 aromatic heterocycles. The van der Waals surface area contributed by atoms with E-state index in [9.17, 15) is 0 Å². The van der Waals surface area contributed by atoms with Gasteiger partial charge in [-0.25, -0.2) is 0 Å². The van der Waals surface area contributed by atoms with Crippen molar-refractivity contribution in [3.8, 4) is 0 Å². The Kier molecular flexibility index (Phi) is 3.90. The Bertz CT molecular complexity index is 231. The molecule has 0 unspecified atom stereocenters. The Morgan fingerprint density at radius 1 is 1.23 bits per heavy atom. The number of rotatable bonds is 4. The number of hydrogen-bond donors (Lipinski definition) is 1. The van der Waals surface area contributed by atoms with Crippen LogP contribution in [-0.2, 0) is 6.42 Å². The van der Waals surface area contributed by atoms with E-state index in [-0.39, 0.29) is 0 Å². The average molecular weight is 178 g/mol. The first kappa shape index (κ1) is 10.2. The molecule has 13 heavy (non-hydrogen) atoms. The van der Waals surface area contributed by atoms with Gasteiger partial charge in [-0.05, 0) is 31.0 Å². The van der Waals surface area contributed by atoms with Crippen molar-refractivity contribution in [2.45, 2.75) is 39.3 Å². The Morgan fingerprint density at radius 2 is 1.85 bits per heavy atom. The summed E-state index contributed by atoms with van der Waals surface area (Å²) in [6.45, 7) is 6.55. The lowest BCUT2D eigenvalue weighted by molar-refractivity contribution is 0.487. The van der Waals surface area contributed by atoms with Gasteiger partial charge >= 0.3 is 0 Å². The van der Waals surface area contributed by atoms with Gasteiger partial charge in [0.25, 0.3) is 0 Å². The fourth-order valence-electron chi connectivity index (χ4n) is 1.50. The van der Waals surface area contributed by atoms with Crippen molar-refractivity contribution >= 4 is 0 Å². The second kappa shape index (κ2) is 4.97. The van der Waals surface area contributed by atoms with E-state index in [1.165, 1.54) is 5.56 Å². The molecule has 1 rings (SSSR count). The molecule has 0 spiro atoms. The predicted molar refractivity (Wildman–Crippen MR) is 55.7 cm³/mol. The van der Waals surface area contributed by atoms with Gasteiger partial charge in [-0.15, -0.1) is 0 Å². The van der Waals surface area contributed by atoms with E-state index in [1.54, 1.807) is 0 Å². The summed E-state index contributed by atoms with van der Waals surface area (Å²) < 4.78 is 0. The molecule has 0 bridgehead atoms. The average Bonchev–Trinajstić information content (AvgIpc) is 2.04. The zero-order chi connectivity index (χ0) is 9.68. The maximum Gasteiger partial charge on any atom is 0.0270 e. The van der Waals surface area contributed by atoms with E-state index in [4.69, 9.17) is 0 Å². The van der Waals surface area contributed by atoms with Crippen LogP contribution in [0.4, 0.5) is 0 Å². The molecule has 0 aromatic carbocycles. The molecule has 2 heteroatoms. The minimum absolute atomic E-state index is 0.530. The zero-order valence-electron chi connectivity index (χ0n) is 8.62. The van der Waals surface area contributed by atoms with Crippen LogP contribution < -0.4 is 5.32 Å². The van der Waals surface area contributed by atoms with Crippen LogP contribution in [0.25, 0.3) is 0 Å². The standard InChI is InChI=1S/C11H18N2/c1-9(2)13-10(3)8-11-4-6-12-7-5-11/h4-7,9-10,13H,8H2,1-3H3/t10-/m1/s1. The van der Waals surface area contributed by atoms with Crippen LogP contribution in [-0.4, -0.2) is 17.1 Å². The van der Waals surface area contributed by atoms with E-state index in [1.807, 2.05) is 12.4 Å². The minimum atomic E-state index is 0.530. The van der Waals surface area contributed by atoms with Crippen molar-refractivity contribution in [1.82, 2.24) is 10.3 Å². The molecule has 0 saturated heterocycles. The highest BCUT2D eigenvalue weighted by Crippen LogP contribution is 2.01. The first-order chi connectivity index (χ1) is 6.18. The van der Waals surface area contributed by atoms with Gasteiger partial charge in [0.15, 0.2) is 0 Å². The fourth-order valence-corrected chi connectivity index (χ4v) is 1.50. The quantitative estimate of drug-likeness (QED) is 0.763. The Hall–Kier alpha value is -0.890. The van der Waals surface area contributed by atoms with Crippen LogP contribution in [0.3, 0.4) is 0 Å². The number of aromatic nitrogens is 1. The SMILES string of the molecule is CC(C)N[C@H](C)Cc1ccncc1. The first-order valence-electron chi connectivity index (χ1n) is 4.83. The van der Waals surface area contributed by atoms with E-state index in [0.717, 1.165) is 6.42 Å². The largest absolute Gasteiger partial charge is 0.312 e. The third kappa shape index (κ3) is 4.04. The maximum absolute atomic E-state index is 3.99. The molecule has 2 nitrogen and oxygen atoms in total. The minimum Gasteiger partial charge on any atom is -0.312 e. The van der Waals surface area contributed by atoms with Crippen LogP contribution in [0, 0.1) is 0 Å². The molecule has 0 aliphatic carbocycles. The smallest absolute Gasteiger partial charge is 0.0270 e. The van der Waals surface area contributed by atoms with Crippen molar-refractivity contribution in [2.75, 3.05) is 0 Å². The molecule has 72 valence electrons. The number of pyridine rings is 1. The topological polar surface area (TPSA) is 24.9 Å². The van der Waals surface area contributed by atoms with Gasteiger partial charge < -0.3 is 5.32 Å². The summed E-state index contributed by atoms with van der Waals surface area (Å²) >= 11 is 0. The van der Waals surface area contributed by atoms with Gasteiger partial charge in [-0.1, -0.05) is 13.8 Å². The fraction of sp³-hybridized carbons (Fsp3) is 0.545. The van der Waals surface area contributed by atoms with Gasteiger partial charge in [0.05, 0.1) is 0 Å². The molecule has 0 amide bonds. The molecule has 0 saturated carbocycles. The second-order valence-corrected chi connectivity index (χ2v) is 3.78. The van der Waals surface area contributed by atoms with E-state index in [0.29, 0.717) is 12.1 Å². The highest BCUT2D eigenvalue weighted by molar-refractivity contribution is 5.10. The summed E-state index contributed by atoms with van der Waals surface area (Å²) in [5, 5.41) is 3.47. The third-order valence-corrected chi connectivity index (χ3v) is 1.91. The van der Waals surface area contributed by atoms with E-state index < -0.39 is 0 Å². The molecule has 1 aromatic rings. The van der Waals surface area contributed by atoms with Crippen molar-refractivity contribution in [3.63, 3.8) is 0 Å². The molecule has 1 heterocycles. The third-order valence-electron chi connectivity index (χ3n) is 1.91. The van der Waals surface area contributed by atoms with Gasteiger partial charge in [0.2, 0.25) is 0 Å². The van der Waals surface area contributed by atoms with Crippen molar-refractivity contribution < 1.29 is 0 Å². The van der Waals surface area contributed by atoms with Crippen molar-refractivity contribution in [1.29, 1.82) is 0 Å². The number of hydrogen-bond acceptors (Lipinski definition) is 2. The van der Waals surface area contributed by atoms with Crippen LogP contribution in [0.5, 0.6) is 0 Å². The van der Waals surface area contributed by atoms with Crippen LogP contribution in [0.1, 0.15) is 26.3 Å². The monoisotopic (exact) mass is 178 g/mol. The molecule has 1 atom stereocenters. The zero-order valence-corrected chi connectivity index (χ0v) is 8.62. The predicted octanol–water partition coefficient (Wildman–Crippen LogP) is 2.01. The lowest BCUT2D eigenvalue weighted by Gasteiger charge is -2.16. The van der Waals surface area contributed by atoms with Crippen LogP contribution in [0.2, 0.25) is 0 Å². The van der Waals surface area contributed by atoms with Gasteiger partial charge in [0.1, 0.15) is 0 Å². The summed E-state index contributed by atoms with van der Waals surface area (Å²) in [6.07, 6.45) is 4.76. The van der Waals surface area contributed by atoms with E-state index >= 15 is 0 Å². The van der Waals surface area contributed by atoms with Gasteiger partial charge in [0, 0.05) is 24.5 Å². The highest BCUT2D eigenvalue weighted by atomic mass is 14.9. The molecule has 0 fully saturated rings. The summed E-state index contributed by atoms with van der Waals surface area (Å²) in [5.41, 5.74) is 1.34. The highest BCUT2D eigenvalue weighted by Gasteiger charge is 2.03. The Labute approximate surface area is 80.4 Å². The normalized spacial score (nSPS) is 13.2. The number of nitrogens with one attached hydrogen (secondary N) is 1. The van der Waals surface area contributed by atoms with E-state index in [2.05, 4.69) is 43.2 Å². The van der Waals surface area contributed by atoms with Gasteiger partial charge in [-0.2, -0.15) is 0 Å². The molecular weight excluding hydrogens is 160 g/mol. The molecule has 1 N–H and O–H groups in total. The summed E-state index contributed by atoms with van der Waals surface area (Å²) in [4.78, 5) is 3.99. The number of nitrogens with zero attached hydrogens (tertiary/aromatic N) is 1. The lowest BCUT2D eigenvalue weighted by atomic mass is 10.1. The summed E-state index contributed by atoms with van der Waals surface area (Å²) in [5.74, 6) is 0.